The summed E-state index contributed by atoms with van der Waals surface area (Å²) < 4.78 is 35.5. The number of ether oxygens (including phenoxy) is 1. The Morgan fingerprint density at radius 3 is 2.38 bits per heavy atom. The van der Waals surface area contributed by atoms with Crippen LogP contribution in [0.1, 0.15) is 17.7 Å². The van der Waals surface area contributed by atoms with E-state index in [0.717, 1.165) is 16.8 Å². The van der Waals surface area contributed by atoms with Crippen LogP contribution in [0.3, 0.4) is 0 Å². The van der Waals surface area contributed by atoms with Crippen LogP contribution < -0.4 is 4.74 Å². The zero-order valence-corrected chi connectivity index (χ0v) is 25.8. The van der Waals surface area contributed by atoms with E-state index in [0.29, 0.717) is 28.3 Å². The lowest BCUT2D eigenvalue weighted by molar-refractivity contribution is -0.165. The molecule has 2 aromatic carbocycles. The maximum atomic E-state index is 13.1. The molecular formula is C28H28Cl2N4O10S. The zero-order chi connectivity index (χ0) is 33.1. The van der Waals surface area contributed by atoms with Crippen molar-refractivity contribution in [2.75, 3.05) is 13.1 Å². The number of sulfonamides is 1. The number of halogens is 2. The summed E-state index contributed by atoms with van der Waals surface area (Å²) in [6, 6.07) is 10.4. The number of para-hydroxylation sites is 1. The number of carbonyl (C=O) groups is 2. The minimum absolute atomic E-state index is 0.00220. The Balaban J connectivity index is 0.000000399. The minimum Gasteiger partial charge on any atom is -0.487 e. The molecule has 5 rings (SSSR count). The van der Waals surface area contributed by atoms with Gasteiger partial charge in [-0.2, -0.15) is 4.31 Å². The Bertz CT molecular complexity index is 1800. The molecule has 1 saturated heterocycles. The summed E-state index contributed by atoms with van der Waals surface area (Å²) >= 11 is 13.0. The number of aliphatic hydroxyl groups is 3. The molecule has 45 heavy (non-hydrogen) atoms. The molecule has 0 radical (unpaired) electrons. The number of nitrogens with zero attached hydrogens (tertiary/aromatic N) is 4. The van der Waals surface area contributed by atoms with Crippen molar-refractivity contribution < 1.29 is 48.3 Å². The first-order valence-corrected chi connectivity index (χ1v) is 15.4. The Morgan fingerprint density at radius 2 is 1.80 bits per heavy atom. The van der Waals surface area contributed by atoms with E-state index in [1.165, 1.54) is 16.4 Å². The molecule has 1 aliphatic rings. The number of carboxylic acid groups (broad SMARTS) is 2. The number of aliphatic carboxylic acids is 2. The van der Waals surface area contributed by atoms with Crippen molar-refractivity contribution in [1.29, 1.82) is 0 Å². The highest BCUT2D eigenvalue weighted by Crippen LogP contribution is 2.36. The molecule has 17 heteroatoms. The average Bonchev–Trinajstić information content (AvgIpc) is 3.69. The molecule has 4 aromatic rings. The Morgan fingerprint density at radius 1 is 1.11 bits per heavy atom. The zero-order valence-electron chi connectivity index (χ0n) is 23.5. The predicted molar refractivity (Wildman–Crippen MR) is 161 cm³/mol. The molecule has 3 heterocycles. The molecule has 0 bridgehead atoms. The van der Waals surface area contributed by atoms with Crippen molar-refractivity contribution in [3.8, 4) is 11.4 Å². The van der Waals surface area contributed by atoms with Crippen LogP contribution in [0.15, 0.2) is 60.0 Å². The van der Waals surface area contributed by atoms with E-state index in [9.17, 15) is 23.1 Å². The molecule has 0 aliphatic carbocycles. The Labute approximate surface area is 266 Å². The van der Waals surface area contributed by atoms with Gasteiger partial charge in [-0.05, 0) is 37.6 Å². The van der Waals surface area contributed by atoms with E-state index in [-0.39, 0.29) is 29.6 Å². The molecule has 14 nitrogen and oxygen atoms in total. The summed E-state index contributed by atoms with van der Waals surface area (Å²) in [4.78, 5) is 28.3. The third-order valence-electron chi connectivity index (χ3n) is 6.76. The number of carboxylic acids is 2. The first-order chi connectivity index (χ1) is 21.2. The van der Waals surface area contributed by atoms with E-state index in [1.807, 2.05) is 35.9 Å². The van der Waals surface area contributed by atoms with E-state index in [1.54, 1.807) is 18.6 Å². The van der Waals surface area contributed by atoms with Gasteiger partial charge >= 0.3 is 11.9 Å². The van der Waals surface area contributed by atoms with Gasteiger partial charge in [-0.15, -0.1) is 0 Å². The summed E-state index contributed by atoms with van der Waals surface area (Å²) in [6.07, 6.45) is 0.437. The van der Waals surface area contributed by atoms with E-state index in [4.69, 9.17) is 48.4 Å². The Kier molecular flexibility index (Phi) is 10.7. The number of aryl methyl sites for hydroxylation is 1. The average molecular weight is 684 g/mol. The van der Waals surface area contributed by atoms with Crippen molar-refractivity contribution in [2.45, 2.75) is 43.2 Å². The summed E-state index contributed by atoms with van der Waals surface area (Å²) in [7, 11) is -3.89. The third-order valence-corrected chi connectivity index (χ3v) is 9.57. The smallest absolute Gasteiger partial charge is 0.335 e. The fourth-order valence-electron chi connectivity index (χ4n) is 4.46. The molecule has 5 N–H and O–H groups in total. The lowest BCUT2D eigenvalue weighted by Crippen LogP contribution is -2.39. The van der Waals surface area contributed by atoms with E-state index >= 15 is 0 Å². The van der Waals surface area contributed by atoms with Crippen LogP contribution in [0.5, 0.6) is 5.75 Å². The van der Waals surface area contributed by atoms with Crippen molar-refractivity contribution >= 4 is 56.1 Å². The van der Waals surface area contributed by atoms with Crippen LogP contribution >= 0.6 is 23.2 Å². The number of β-amino-alcohol motifs (C(OH)–C–C–N with tert-alkyl or cyclic N) is 1. The van der Waals surface area contributed by atoms with Gasteiger partial charge in [0, 0.05) is 47.1 Å². The van der Waals surface area contributed by atoms with Gasteiger partial charge in [0.05, 0.1) is 23.1 Å². The van der Waals surface area contributed by atoms with Gasteiger partial charge in [0.2, 0.25) is 10.0 Å². The number of benzene rings is 2. The number of rotatable bonds is 9. The summed E-state index contributed by atoms with van der Waals surface area (Å²) in [6.45, 7) is 2.11. The van der Waals surface area contributed by atoms with Gasteiger partial charge in [-0.25, -0.2) is 28.0 Å². The fourth-order valence-corrected chi connectivity index (χ4v) is 6.81. The number of fused-ring (bicyclic) bond motifs is 1. The highest BCUT2D eigenvalue weighted by Gasteiger charge is 2.34. The standard InChI is InChI=1S/C24H22Cl2N4O4S.C4H6O6/c1-15-11-20(29-10-8-27-14-29)17-3-2-4-21(24(17)28-15)34-13-18-19(25)5-6-22(23(18)26)35(32,33)30-9-7-16(31)12-30;5-1(3(7)8)2(6)4(9)10/h2-6,8,10-11,14,16,31H,7,9,12-13H2,1H3;1-2,5-6H,(H,7,8)(H,9,10)/t16-;/m1./s1. The monoisotopic (exact) mass is 682 g/mol. The van der Waals surface area contributed by atoms with Gasteiger partial charge < -0.3 is 34.8 Å². The lowest BCUT2D eigenvalue weighted by atomic mass is 10.1. The van der Waals surface area contributed by atoms with Crippen molar-refractivity contribution in [3.05, 3.63) is 76.4 Å². The number of hydrogen-bond acceptors (Lipinski definition) is 10. The highest BCUT2D eigenvalue weighted by molar-refractivity contribution is 7.89. The number of pyridine rings is 1. The second-order valence-electron chi connectivity index (χ2n) is 9.90. The molecule has 1 aliphatic heterocycles. The molecule has 240 valence electrons. The summed E-state index contributed by atoms with van der Waals surface area (Å²) in [5.74, 6) is -3.03. The van der Waals surface area contributed by atoms with Crippen molar-refractivity contribution in [3.63, 3.8) is 0 Å². The molecule has 0 amide bonds. The molecule has 0 saturated carbocycles. The van der Waals surface area contributed by atoms with Gasteiger partial charge in [0.1, 0.15) is 22.8 Å². The predicted octanol–water partition coefficient (Wildman–Crippen LogP) is 2.25. The second kappa shape index (κ2) is 14.1. The summed E-state index contributed by atoms with van der Waals surface area (Å²) in [5.41, 5.74) is 2.72. The first kappa shape index (κ1) is 34.1. The minimum atomic E-state index is -3.89. The van der Waals surface area contributed by atoms with Gasteiger partial charge in [-0.3, -0.25) is 0 Å². The molecular weight excluding hydrogens is 655 g/mol. The maximum Gasteiger partial charge on any atom is 0.335 e. The SMILES string of the molecule is Cc1cc(-n2ccnc2)c2cccc(OCc3c(Cl)ccc(S(=O)(=O)N4CC[C@@H](O)C4)c3Cl)c2n1.O=C(O)C(O)C(O)C(=O)O. The number of aromatic nitrogens is 3. The quantitative estimate of drug-likeness (QED) is 0.172. The first-order valence-electron chi connectivity index (χ1n) is 13.2. The van der Waals surface area contributed by atoms with Crippen LogP contribution in [-0.2, 0) is 26.2 Å². The van der Waals surface area contributed by atoms with E-state index in [2.05, 4.69) is 9.97 Å². The molecule has 2 aromatic heterocycles. The third kappa shape index (κ3) is 7.53. The largest absolute Gasteiger partial charge is 0.487 e. The normalized spacial score (nSPS) is 16.5. The van der Waals surface area contributed by atoms with Crippen LogP contribution in [-0.4, -0.2) is 96.1 Å². The molecule has 1 fully saturated rings. The van der Waals surface area contributed by atoms with Crippen LogP contribution in [0.25, 0.3) is 16.6 Å². The van der Waals surface area contributed by atoms with Crippen LogP contribution in [0, 0.1) is 6.92 Å². The molecule has 0 spiro atoms. The van der Waals surface area contributed by atoms with Crippen LogP contribution in [0.2, 0.25) is 10.0 Å². The van der Waals surface area contributed by atoms with Gasteiger partial charge in [0.25, 0.3) is 0 Å². The van der Waals surface area contributed by atoms with Crippen LogP contribution in [0.4, 0.5) is 0 Å². The number of aliphatic hydroxyl groups excluding tert-OH is 3. The maximum absolute atomic E-state index is 13.1. The van der Waals surface area contributed by atoms with Crippen molar-refractivity contribution in [2.24, 2.45) is 0 Å². The second-order valence-corrected chi connectivity index (χ2v) is 12.6. The highest BCUT2D eigenvalue weighted by atomic mass is 35.5. The number of hydrogen-bond donors (Lipinski definition) is 5. The fraction of sp³-hybridized carbons (Fsp3) is 0.286. The topological polar surface area (TPSA) is 213 Å². The molecule has 3 atom stereocenters. The van der Waals surface area contributed by atoms with Crippen molar-refractivity contribution in [1.82, 2.24) is 18.8 Å². The lowest BCUT2D eigenvalue weighted by Gasteiger charge is -2.19. The van der Waals surface area contributed by atoms with Gasteiger partial charge in [-0.1, -0.05) is 35.3 Å². The number of imidazole rings is 1. The van der Waals surface area contributed by atoms with Gasteiger partial charge in [0.15, 0.2) is 12.2 Å². The van der Waals surface area contributed by atoms with E-state index < -0.39 is 40.3 Å². The summed E-state index contributed by atoms with van der Waals surface area (Å²) in [5, 5.41) is 43.5. The molecule has 2 unspecified atom stereocenters. The Hall–Kier alpha value is -3.83.